The summed E-state index contributed by atoms with van der Waals surface area (Å²) in [6.45, 7) is 5.21. The van der Waals surface area contributed by atoms with E-state index >= 15 is 0 Å². The first-order valence-electron chi connectivity index (χ1n) is 9.37. The van der Waals surface area contributed by atoms with Crippen molar-refractivity contribution in [3.05, 3.63) is 81.1 Å². The number of thiazole rings is 1. The van der Waals surface area contributed by atoms with Gasteiger partial charge in [0.05, 0.1) is 16.4 Å². The number of anilines is 2. The highest BCUT2D eigenvalue weighted by molar-refractivity contribution is 7.14. The molecular formula is C23H20ClFN2O3S. The summed E-state index contributed by atoms with van der Waals surface area (Å²) in [5, 5.41) is 2.62. The molecule has 1 heterocycles. The van der Waals surface area contributed by atoms with Gasteiger partial charge in [0.15, 0.2) is 5.13 Å². The van der Waals surface area contributed by atoms with E-state index in [0.29, 0.717) is 27.1 Å². The number of carbonyl (C=O) groups excluding carboxylic acids is 2. The molecule has 0 fully saturated rings. The van der Waals surface area contributed by atoms with Crippen LogP contribution in [0.25, 0.3) is 6.08 Å². The van der Waals surface area contributed by atoms with Crippen LogP contribution in [0.3, 0.4) is 0 Å². The third kappa shape index (κ3) is 5.77. The Bertz CT molecular complexity index is 1120. The summed E-state index contributed by atoms with van der Waals surface area (Å²) >= 11 is 7.67. The van der Waals surface area contributed by atoms with Crippen molar-refractivity contribution in [2.24, 2.45) is 0 Å². The van der Waals surface area contributed by atoms with E-state index in [-0.39, 0.29) is 18.3 Å². The van der Waals surface area contributed by atoms with Crippen molar-refractivity contribution < 1.29 is 18.7 Å². The summed E-state index contributed by atoms with van der Waals surface area (Å²) in [4.78, 5) is 30.2. The number of ether oxygens (including phenoxy) is 1. The van der Waals surface area contributed by atoms with Crippen LogP contribution in [-0.2, 0) is 20.9 Å². The molecule has 0 aliphatic carbocycles. The Hall–Kier alpha value is -3.03. The Balaban J connectivity index is 1.70. The number of hydrogen-bond acceptors (Lipinski definition) is 5. The molecule has 3 rings (SSSR count). The fraction of sp³-hybridized carbons (Fsp3) is 0.174. The first-order valence-corrected chi connectivity index (χ1v) is 10.6. The monoisotopic (exact) mass is 458 g/mol. The zero-order valence-electron chi connectivity index (χ0n) is 17.2. The van der Waals surface area contributed by atoms with Gasteiger partial charge in [0, 0.05) is 18.4 Å². The van der Waals surface area contributed by atoms with Gasteiger partial charge in [-0.05, 0) is 54.8 Å². The molecule has 0 saturated heterocycles. The Kier molecular flexibility index (Phi) is 7.20. The van der Waals surface area contributed by atoms with Crippen molar-refractivity contribution in [1.29, 1.82) is 0 Å². The minimum absolute atomic E-state index is 0.0462. The summed E-state index contributed by atoms with van der Waals surface area (Å²) in [5.74, 6) is -1.13. The predicted molar refractivity (Wildman–Crippen MR) is 121 cm³/mol. The van der Waals surface area contributed by atoms with Crippen molar-refractivity contribution in [2.45, 2.75) is 27.4 Å². The second kappa shape index (κ2) is 9.85. The summed E-state index contributed by atoms with van der Waals surface area (Å²) in [5.41, 5.74) is 3.62. The minimum atomic E-state index is -0.556. The Morgan fingerprint density at radius 3 is 2.58 bits per heavy atom. The van der Waals surface area contributed by atoms with Gasteiger partial charge >= 0.3 is 5.97 Å². The van der Waals surface area contributed by atoms with Crippen molar-refractivity contribution >= 4 is 51.7 Å². The quantitative estimate of drug-likeness (QED) is 0.336. The molecular weight excluding hydrogens is 439 g/mol. The van der Waals surface area contributed by atoms with Crippen LogP contribution < -0.4 is 4.90 Å². The second-order valence-electron chi connectivity index (χ2n) is 6.88. The highest BCUT2D eigenvalue weighted by Gasteiger charge is 2.22. The van der Waals surface area contributed by atoms with Crippen LogP contribution in [0.2, 0.25) is 5.02 Å². The molecule has 160 valence electrons. The molecule has 0 saturated carbocycles. The molecule has 8 heteroatoms. The maximum atomic E-state index is 12.9. The lowest BCUT2D eigenvalue weighted by molar-refractivity contribution is -0.139. The predicted octanol–water partition coefficient (Wildman–Crippen LogP) is 5.99. The molecule has 3 aromatic rings. The van der Waals surface area contributed by atoms with Gasteiger partial charge in [0.1, 0.15) is 12.4 Å². The number of halogens is 2. The van der Waals surface area contributed by atoms with Gasteiger partial charge < -0.3 is 4.74 Å². The Labute approximate surface area is 188 Å². The minimum Gasteiger partial charge on any atom is -0.456 e. The molecule has 0 aliphatic heterocycles. The normalized spacial score (nSPS) is 11.0. The number of rotatable bonds is 6. The lowest BCUT2D eigenvalue weighted by Gasteiger charge is -2.22. The van der Waals surface area contributed by atoms with Gasteiger partial charge in [-0.1, -0.05) is 29.8 Å². The highest BCUT2D eigenvalue weighted by Crippen LogP contribution is 2.37. The average Bonchev–Trinajstić information content (AvgIpc) is 3.16. The van der Waals surface area contributed by atoms with Crippen LogP contribution in [0, 0.1) is 19.7 Å². The number of esters is 1. The number of amides is 1. The van der Waals surface area contributed by atoms with E-state index in [1.165, 1.54) is 47.4 Å². The number of aromatic nitrogens is 1. The van der Waals surface area contributed by atoms with Gasteiger partial charge in [0.2, 0.25) is 5.91 Å². The van der Waals surface area contributed by atoms with E-state index in [1.807, 2.05) is 19.9 Å². The van der Waals surface area contributed by atoms with Gasteiger partial charge in [-0.3, -0.25) is 9.69 Å². The van der Waals surface area contributed by atoms with E-state index in [2.05, 4.69) is 4.98 Å². The molecule has 0 spiro atoms. The van der Waals surface area contributed by atoms with Crippen LogP contribution >= 0.6 is 22.9 Å². The smallest absolute Gasteiger partial charge is 0.331 e. The number of aryl methyl sites for hydroxylation is 2. The number of hydrogen-bond donors (Lipinski definition) is 0. The van der Waals surface area contributed by atoms with Crippen LogP contribution in [0.5, 0.6) is 0 Å². The van der Waals surface area contributed by atoms with Crippen molar-refractivity contribution in [1.82, 2.24) is 4.98 Å². The molecule has 0 unspecified atom stereocenters. The van der Waals surface area contributed by atoms with E-state index in [1.54, 1.807) is 23.6 Å². The molecule has 2 aromatic carbocycles. The van der Waals surface area contributed by atoms with Gasteiger partial charge in [-0.15, -0.1) is 11.3 Å². The third-order valence-electron chi connectivity index (χ3n) is 4.31. The molecule has 0 atom stereocenters. The van der Waals surface area contributed by atoms with E-state index in [9.17, 15) is 14.0 Å². The summed E-state index contributed by atoms with van der Waals surface area (Å²) in [7, 11) is 0. The summed E-state index contributed by atoms with van der Waals surface area (Å²) in [6.07, 6.45) is 2.80. The van der Waals surface area contributed by atoms with Gasteiger partial charge in [0.25, 0.3) is 0 Å². The van der Waals surface area contributed by atoms with Gasteiger partial charge in [-0.25, -0.2) is 14.2 Å². The lowest BCUT2D eigenvalue weighted by atomic mass is 10.1. The lowest BCUT2D eigenvalue weighted by Crippen LogP contribution is -2.24. The van der Waals surface area contributed by atoms with Crippen LogP contribution in [0.1, 0.15) is 29.3 Å². The molecule has 5 nitrogen and oxygen atoms in total. The fourth-order valence-electron chi connectivity index (χ4n) is 2.98. The Morgan fingerprint density at radius 2 is 1.94 bits per heavy atom. The second-order valence-corrected chi connectivity index (χ2v) is 8.12. The number of benzene rings is 2. The first-order chi connectivity index (χ1) is 14.7. The molecule has 31 heavy (non-hydrogen) atoms. The molecule has 1 amide bonds. The van der Waals surface area contributed by atoms with E-state index < -0.39 is 5.97 Å². The van der Waals surface area contributed by atoms with E-state index in [0.717, 1.165) is 11.1 Å². The molecule has 0 radical (unpaired) electrons. The molecule has 1 aromatic heterocycles. The first kappa shape index (κ1) is 22.7. The summed E-state index contributed by atoms with van der Waals surface area (Å²) < 4.78 is 18.1. The van der Waals surface area contributed by atoms with E-state index in [4.69, 9.17) is 16.3 Å². The van der Waals surface area contributed by atoms with Crippen molar-refractivity contribution in [3.63, 3.8) is 0 Å². The highest BCUT2D eigenvalue weighted by atomic mass is 35.5. The van der Waals surface area contributed by atoms with Crippen LogP contribution in [0.15, 0.2) is 47.9 Å². The number of nitrogens with zero attached hydrogens (tertiary/aromatic N) is 2. The van der Waals surface area contributed by atoms with Crippen LogP contribution in [0.4, 0.5) is 15.2 Å². The number of carbonyl (C=O) groups is 2. The summed E-state index contributed by atoms with van der Waals surface area (Å²) in [6, 6.07) is 9.47. The largest absolute Gasteiger partial charge is 0.456 e. The van der Waals surface area contributed by atoms with Crippen molar-refractivity contribution in [2.75, 3.05) is 4.90 Å². The Morgan fingerprint density at radius 1 is 1.23 bits per heavy atom. The third-order valence-corrected chi connectivity index (χ3v) is 5.47. The SMILES string of the molecule is CC(=O)N(c1nc(COC(=O)/C=C/c2ccc(F)cc2)cs1)c1c(C)cc(C)cc1Cl. The van der Waals surface area contributed by atoms with Gasteiger partial charge in [-0.2, -0.15) is 0 Å². The van der Waals surface area contributed by atoms with Crippen LogP contribution in [-0.4, -0.2) is 16.9 Å². The average molecular weight is 459 g/mol. The fourth-order valence-corrected chi connectivity index (χ4v) is 4.24. The topological polar surface area (TPSA) is 59.5 Å². The maximum Gasteiger partial charge on any atom is 0.331 e. The maximum absolute atomic E-state index is 12.9. The molecule has 0 bridgehead atoms. The molecule has 0 N–H and O–H groups in total. The standard InChI is InChI=1S/C23H20ClFN2O3S/c1-14-10-15(2)22(20(24)11-14)27(16(3)28)23-26-19(13-31-23)12-30-21(29)9-6-17-4-7-18(25)8-5-17/h4-11,13H,12H2,1-3H3/b9-6+. The zero-order valence-corrected chi connectivity index (χ0v) is 18.8. The zero-order chi connectivity index (χ0) is 22.5. The van der Waals surface area contributed by atoms with Crippen molar-refractivity contribution in [3.8, 4) is 0 Å². The molecule has 0 aliphatic rings.